The molecule has 1 rings (SSSR count). The standard InChI is InChI=1S/C11H12N2O/c1-2-11(8-12,10(13)14)9-6-4-3-5-7-9/h3-7H,2H2,1H3,(H2,13,14)/t11-/m0/s1. The maximum absolute atomic E-state index is 11.3. The molecule has 0 unspecified atom stereocenters. The summed E-state index contributed by atoms with van der Waals surface area (Å²) in [6, 6.07) is 10.9. The van der Waals surface area contributed by atoms with Gasteiger partial charge in [0.25, 0.3) is 0 Å². The molecule has 0 aromatic heterocycles. The Labute approximate surface area is 83.2 Å². The van der Waals surface area contributed by atoms with Gasteiger partial charge in [-0.15, -0.1) is 0 Å². The third-order valence-corrected chi connectivity index (χ3v) is 2.41. The molecule has 1 aromatic carbocycles. The molecule has 0 spiro atoms. The Balaban J connectivity index is 3.27. The molecule has 0 saturated heterocycles. The van der Waals surface area contributed by atoms with E-state index in [1.807, 2.05) is 12.1 Å². The van der Waals surface area contributed by atoms with E-state index in [-0.39, 0.29) is 0 Å². The first-order valence-electron chi connectivity index (χ1n) is 4.44. The molecule has 72 valence electrons. The van der Waals surface area contributed by atoms with Gasteiger partial charge >= 0.3 is 0 Å². The number of nitriles is 1. The molecule has 3 heteroatoms. The zero-order valence-electron chi connectivity index (χ0n) is 8.03. The van der Waals surface area contributed by atoms with Gasteiger partial charge in [0.15, 0.2) is 5.41 Å². The Morgan fingerprint density at radius 1 is 1.50 bits per heavy atom. The number of nitrogens with two attached hydrogens (primary N) is 1. The molecule has 1 atom stereocenters. The smallest absolute Gasteiger partial charge is 0.242 e. The number of rotatable bonds is 3. The van der Waals surface area contributed by atoms with Crippen molar-refractivity contribution in [3.8, 4) is 6.07 Å². The minimum absolute atomic E-state index is 0.392. The highest BCUT2D eigenvalue weighted by molar-refractivity contribution is 5.89. The molecule has 0 heterocycles. The van der Waals surface area contributed by atoms with Gasteiger partial charge in [-0.2, -0.15) is 5.26 Å². The number of carbonyl (C=O) groups excluding carboxylic acids is 1. The molecule has 2 N–H and O–H groups in total. The molecule has 1 amide bonds. The highest BCUT2D eigenvalue weighted by Gasteiger charge is 2.36. The fourth-order valence-corrected chi connectivity index (χ4v) is 1.44. The Bertz CT molecular complexity index is 367. The molecule has 0 fully saturated rings. The Kier molecular flexibility index (Phi) is 2.88. The van der Waals surface area contributed by atoms with E-state index in [0.29, 0.717) is 12.0 Å². The Morgan fingerprint density at radius 2 is 2.07 bits per heavy atom. The van der Waals surface area contributed by atoms with Crippen LogP contribution in [0.25, 0.3) is 0 Å². The predicted molar refractivity (Wildman–Crippen MR) is 53.2 cm³/mol. The van der Waals surface area contributed by atoms with Crippen LogP contribution in [0.4, 0.5) is 0 Å². The Morgan fingerprint density at radius 3 is 2.43 bits per heavy atom. The number of amides is 1. The van der Waals surface area contributed by atoms with Crippen molar-refractivity contribution < 1.29 is 4.79 Å². The first-order chi connectivity index (χ1) is 6.67. The third-order valence-electron chi connectivity index (χ3n) is 2.41. The van der Waals surface area contributed by atoms with Crippen molar-refractivity contribution in [3.63, 3.8) is 0 Å². The van der Waals surface area contributed by atoms with Crippen LogP contribution in [-0.2, 0) is 10.2 Å². The number of hydrogen-bond acceptors (Lipinski definition) is 2. The van der Waals surface area contributed by atoms with Crippen LogP contribution in [-0.4, -0.2) is 5.91 Å². The van der Waals surface area contributed by atoms with Gasteiger partial charge in [-0.1, -0.05) is 37.3 Å². The second kappa shape index (κ2) is 3.93. The minimum Gasteiger partial charge on any atom is -0.368 e. The van der Waals surface area contributed by atoms with Gasteiger partial charge in [0, 0.05) is 0 Å². The van der Waals surface area contributed by atoms with E-state index in [1.54, 1.807) is 31.2 Å². The summed E-state index contributed by atoms with van der Waals surface area (Å²) in [6.07, 6.45) is 0.392. The van der Waals surface area contributed by atoms with Crippen LogP contribution in [0.15, 0.2) is 30.3 Å². The van der Waals surface area contributed by atoms with Crippen molar-refractivity contribution in [1.29, 1.82) is 5.26 Å². The van der Waals surface area contributed by atoms with Crippen molar-refractivity contribution in [1.82, 2.24) is 0 Å². The SMILES string of the molecule is CC[C@@](C#N)(C(N)=O)c1ccccc1. The molecule has 0 bridgehead atoms. The second-order valence-electron chi connectivity index (χ2n) is 3.10. The average Bonchev–Trinajstić information content (AvgIpc) is 2.22. The van der Waals surface area contributed by atoms with Gasteiger partial charge in [0.05, 0.1) is 6.07 Å². The molecule has 0 saturated carbocycles. The molecular weight excluding hydrogens is 176 g/mol. The van der Waals surface area contributed by atoms with Crippen LogP contribution in [0.5, 0.6) is 0 Å². The van der Waals surface area contributed by atoms with Crippen LogP contribution in [0.2, 0.25) is 0 Å². The maximum Gasteiger partial charge on any atom is 0.242 e. The lowest BCUT2D eigenvalue weighted by Crippen LogP contribution is -2.39. The topological polar surface area (TPSA) is 66.9 Å². The summed E-state index contributed by atoms with van der Waals surface area (Å²) in [7, 11) is 0. The normalized spacial score (nSPS) is 14.0. The lowest BCUT2D eigenvalue weighted by Gasteiger charge is -2.21. The van der Waals surface area contributed by atoms with Gasteiger partial charge in [-0.25, -0.2) is 0 Å². The van der Waals surface area contributed by atoms with E-state index >= 15 is 0 Å². The highest BCUT2D eigenvalue weighted by atomic mass is 16.1. The maximum atomic E-state index is 11.3. The summed E-state index contributed by atoms with van der Waals surface area (Å²) in [5, 5.41) is 9.05. The van der Waals surface area contributed by atoms with Gasteiger partial charge in [0.2, 0.25) is 5.91 Å². The summed E-state index contributed by atoms with van der Waals surface area (Å²) in [4.78, 5) is 11.3. The molecule has 0 radical (unpaired) electrons. The van der Waals surface area contributed by atoms with E-state index in [0.717, 1.165) is 0 Å². The van der Waals surface area contributed by atoms with E-state index in [2.05, 4.69) is 0 Å². The summed E-state index contributed by atoms with van der Waals surface area (Å²) < 4.78 is 0. The minimum atomic E-state index is -1.18. The number of benzene rings is 1. The van der Waals surface area contributed by atoms with Gasteiger partial charge < -0.3 is 5.73 Å². The summed E-state index contributed by atoms with van der Waals surface area (Å²) in [5.74, 6) is -0.589. The highest BCUT2D eigenvalue weighted by Crippen LogP contribution is 2.26. The third kappa shape index (κ3) is 1.47. The molecule has 3 nitrogen and oxygen atoms in total. The van der Waals surface area contributed by atoms with Crippen molar-refractivity contribution in [2.75, 3.05) is 0 Å². The van der Waals surface area contributed by atoms with Gasteiger partial charge in [-0.3, -0.25) is 4.79 Å². The predicted octanol–water partition coefficient (Wildman–Crippen LogP) is 1.34. The van der Waals surface area contributed by atoms with Gasteiger partial charge in [0.1, 0.15) is 0 Å². The molecule has 0 aliphatic heterocycles. The van der Waals surface area contributed by atoms with Crippen LogP contribution in [0.3, 0.4) is 0 Å². The van der Waals surface area contributed by atoms with Crippen molar-refractivity contribution in [3.05, 3.63) is 35.9 Å². The zero-order valence-corrected chi connectivity index (χ0v) is 8.03. The summed E-state index contributed by atoms with van der Waals surface area (Å²) in [5.41, 5.74) is 4.75. The summed E-state index contributed by atoms with van der Waals surface area (Å²) in [6.45, 7) is 1.78. The van der Waals surface area contributed by atoms with E-state index < -0.39 is 11.3 Å². The van der Waals surface area contributed by atoms with Crippen LogP contribution in [0, 0.1) is 11.3 Å². The average molecular weight is 188 g/mol. The van der Waals surface area contributed by atoms with Crippen molar-refractivity contribution in [2.24, 2.45) is 5.73 Å². The fraction of sp³-hybridized carbons (Fsp3) is 0.273. The van der Waals surface area contributed by atoms with Crippen molar-refractivity contribution >= 4 is 5.91 Å². The fourth-order valence-electron chi connectivity index (χ4n) is 1.44. The monoisotopic (exact) mass is 188 g/mol. The molecule has 14 heavy (non-hydrogen) atoms. The number of nitrogens with zero attached hydrogens (tertiary/aromatic N) is 1. The van der Waals surface area contributed by atoms with E-state index in [1.165, 1.54) is 0 Å². The first kappa shape index (κ1) is 10.3. The second-order valence-corrected chi connectivity index (χ2v) is 3.10. The molecule has 1 aromatic rings. The van der Waals surface area contributed by atoms with E-state index in [9.17, 15) is 4.79 Å². The number of primary amides is 1. The van der Waals surface area contributed by atoms with Crippen LogP contribution < -0.4 is 5.73 Å². The molecular formula is C11H12N2O. The van der Waals surface area contributed by atoms with Gasteiger partial charge in [-0.05, 0) is 12.0 Å². The molecule has 0 aliphatic rings. The van der Waals surface area contributed by atoms with Crippen LogP contribution in [0.1, 0.15) is 18.9 Å². The molecule has 0 aliphatic carbocycles. The lowest BCUT2D eigenvalue weighted by molar-refractivity contribution is -0.121. The largest absolute Gasteiger partial charge is 0.368 e. The lowest BCUT2D eigenvalue weighted by atomic mass is 9.79. The van der Waals surface area contributed by atoms with Crippen molar-refractivity contribution in [2.45, 2.75) is 18.8 Å². The van der Waals surface area contributed by atoms with E-state index in [4.69, 9.17) is 11.0 Å². The number of carbonyl (C=O) groups is 1. The zero-order chi connectivity index (χ0) is 10.6. The number of hydrogen-bond donors (Lipinski definition) is 1. The first-order valence-corrected chi connectivity index (χ1v) is 4.44. The summed E-state index contributed by atoms with van der Waals surface area (Å²) >= 11 is 0. The quantitative estimate of drug-likeness (QED) is 0.777. The van der Waals surface area contributed by atoms with Crippen LogP contribution >= 0.6 is 0 Å². The Hall–Kier alpha value is -1.82.